The lowest BCUT2D eigenvalue weighted by Gasteiger charge is -2.35. The van der Waals surface area contributed by atoms with Gasteiger partial charge in [0.15, 0.2) is 0 Å². The summed E-state index contributed by atoms with van der Waals surface area (Å²) < 4.78 is 6.23. The van der Waals surface area contributed by atoms with Crippen molar-refractivity contribution in [3.05, 3.63) is 101 Å². The third kappa shape index (κ3) is 5.86. The Labute approximate surface area is 189 Å². The minimum Gasteiger partial charge on any atom is -0.385 e. The zero-order chi connectivity index (χ0) is 21.5. The van der Waals surface area contributed by atoms with Gasteiger partial charge in [0.25, 0.3) is 0 Å². The molecule has 31 heavy (non-hydrogen) atoms. The maximum atomic E-state index is 10.7. The van der Waals surface area contributed by atoms with Crippen LogP contribution in [0.1, 0.15) is 17.2 Å². The summed E-state index contributed by atoms with van der Waals surface area (Å²) in [5, 5.41) is 11.5. The van der Waals surface area contributed by atoms with Gasteiger partial charge in [0.05, 0.1) is 43.5 Å². The van der Waals surface area contributed by atoms with Crippen LogP contribution in [-0.4, -0.2) is 50.5 Å². The molecule has 1 heterocycles. The summed E-state index contributed by atoms with van der Waals surface area (Å²) >= 11 is 6.35. The number of hydrogen-bond donors (Lipinski definition) is 2. The van der Waals surface area contributed by atoms with Crippen LogP contribution in [0.3, 0.4) is 0 Å². The highest BCUT2D eigenvalue weighted by atomic mass is 35.5. The molecule has 5 heteroatoms. The van der Waals surface area contributed by atoms with E-state index in [2.05, 4.69) is 35.2 Å². The third-order valence-corrected chi connectivity index (χ3v) is 6.17. The highest BCUT2D eigenvalue weighted by Gasteiger charge is 2.24. The van der Waals surface area contributed by atoms with Gasteiger partial charge in [-0.05, 0) is 23.3 Å². The van der Waals surface area contributed by atoms with Gasteiger partial charge in [-0.1, -0.05) is 84.4 Å². The van der Waals surface area contributed by atoms with Gasteiger partial charge in [0, 0.05) is 0 Å². The largest absolute Gasteiger partial charge is 0.385 e. The number of nitrogens with one attached hydrogen (secondary N) is 1. The molecule has 0 amide bonds. The molecule has 1 atom stereocenters. The molecule has 0 saturated carbocycles. The highest BCUT2D eigenvalue weighted by Crippen LogP contribution is 2.26. The summed E-state index contributed by atoms with van der Waals surface area (Å²) in [5.74, 6) is 0. The van der Waals surface area contributed by atoms with Crippen LogP contribution in [0.2, 0.25) is 5.02 Å². The van der Waals surface area contributed by atoms with Gasteiger partial charge < -0.3 is 19.6 Å². The van der Waals surface area contributed by atoms with Gasteiger partial charge in [0.2, 0.25) is 0 Å². The normalized spacial score (nSPS) is 15.9. The zero-order valence-corrected chi connectivity index (χ0v) is 18.4. The second-order valence-corrected chi connectivity index (χ2v) is 8.49. The third-order valence-electron chi connectivity index (χ3n) is 5.85. The van der Waals surface area contributed by atoms with Crippen LogP contribution in [0.4, 0.5) is 5.69 Å². The molecule has 3 aromatic rings. The average Bonchev–Trinajstić information content (AvgIpc) is 2.82. The number of aliphatic hydroxyl groups excluding tert-OH is 1. The maximum Gasteiger partial charge on any atom is 0.126 e. The number of ether oxygens (including phenoxy) is 1. The molecule has 0 bridgehead atoms. The molecular formula is C26H30ClN2O2+. The van der Waals surface area contributed by atoms with E-state index >= 15 is 0 Å². The van der Waals surface area contributed by atoms with E-state index in [1.54, 1.807) is 0 Å². The molecule has 0 radical (unpaired) electrons. The molecule has 1 saturated heterocycles. The van der Waals surface area contributed by atoms with E-state index in [1.807, 2.05) is 54.6 Å². The first-order valence-electron chi connectivity index (χ1n) is 10.9. The Hall–Kier alpha value is -2.37. The quantitative estimate of drug-likeness (QED) is 0.568. The fraction of sp³-hybridized carbons (Fsp3) is 0.308. The van der Waals surface area contributed by atoms with Crippen molar-refractivity contribution in [3.63, 3.8) is 0 Å². The van der Waals surface area contributed by atoms with Crippen LogP contribution in [0.15, 0.2) is 84.9 Å². The molecule has 0 unspecified atom stereocenters. The van der Waals surface area contributed by atoms with Gasteiger partial charge in [-0.15, -0.1) is 0 Å². The number of nitrogens with zero attached hydrogens (tertiary/aromatic N) is 1. The maximum absolute atomic E-state index is 10.7. The molecule has 0 aromatic heterocycles. The molecule has 3 aromatic carbocycles. The van der Waals surface area contributed by atoms with Gasteiger partial charge in [0.1, 0.15) is 18.8 Å². The molecule has 0 spiro atoms. The summed E-state index contributed by atoms with van der Waals surface area (Å²) in [4.78, 5) is 3.73. The van der Waals surface area contributed by atoms with E-state index in [4.69, 9.17) is 16.3 Å². The number of aliphatic hydroxyl groups is 1. The summed E-state index contributed by atoms with van der Waals surface area (Å²) in [5.41, 5.74) is 3.30. The van der Waals surface area contributed by atoms with Crippen LogP contribution in [0.5, 0.6) is 0 Å². The van der Waals surface area contributed by atoms with Crippen LogP contribution < -0.4 is 9.80 Å². The Morgan fingerprint density at radius 1 is 0.839 bits per heavy atom. The molecule has 1 fully saturated rings. The van der Waals surface area contributed by atoms with E-state index in [0.29, 0.717) is 13.2 Å². The van der Waals surface area contributed by atoms with Gasteiger partial charge in [-0.2, -0.15) is 0 Å². The van der Waals surface area contributed by atoms with Crippen LogP contribution in [0, 0.1) is 0 Å². The minimum absolute atomic E-state index is 0.177. The number of benzene rings is 3. The fourth-order valence-corrected chi connectivity index (χ4v) is 4.47. The fourth-order valence-electron chi connectivity index (χ4n) is 4.22. The predicted octanol–water partition coefficient (Wildman–Crippen LogP) is 3.21. The first-order chi connectivity index (χ1) is 15.2. The monoisotopic (exact) mass is 437 g/mol. The highest BCUT2D eigenvalue weighted by molar-refractivity contribution is 6.33. The Morgan fingerprint density at radius 3 is 1.97 bits per heavy atom. The SMILES string of the molecule is O[C@H](COC(c1ccccc1)c1ccccc1)C[NH+]1CCN(c2ccccc2Cl)CC1. The second kappa shape index (κ2) is 10.8. The van der Waals surface area contributed by atoms with Gasteiger partial charge in [-0.25, -0.2) is 0 Å². The van der Waals surface area contributed by atoms with Gasteiger partial charge >= 0.3 is 0 Å². The summed E-state index contributed by atoms with van der Waals surface area (Å²) in [7, 11) is 0. The molecule has 2 N–H and O–H groups in total. The Kier molecular flexibility index (Phi) is 7.60. The second-order valence-electron chi connectivity index (χ2n) is 8.08. The van der Waals surface area contributed by atoms with Gasteiger partial charge in [-0.3, -0.25) is 0 Å². The van der Waals surface area contributed by atoms with E-state index < -0.39 is 6.10 Å². The van der Waals surface area contributed by atoms with E-state index in [-0.39, 0.29) is 6.10 Å². The van der Waals surface area contributed by atoms with Crippen LogP contribution >= 0.6 is 11.6 Å². The topological polar surface area (TPSA) is 37.1 Å². The lowest BCUT2D eigenvalue weighted by Crippen LogP contribution is -3.16. The summed E-state index contributed by atoms with van der Waals surface area (Å²) in [6.07, 6.45) is -0.680. The number of piperazine rings is 1. The van der Waals surface area contributed by atoms with Crippen molar-refractivity contribution in [3.8, 4) is 0 Å². The Bertz CT molecular complexity index is 891. The Morgan fingerprint density at radius 2 is 1.39 bits per heavy atom. The average molecular weight is 438 g/mol. The minimum atomic E-state index is -0.503. The molecule has 1 aliphatic rings. The van der Waals surface area contributed by atoms with Crippen molar-refractivity contribution in [2.45, 2.75) is 12.2 Å². The number of halogens is 1. The van der Waals surface area contributed by atoms with E-state index in [0.717, 1.165) is 48.0 Å². The molecule has 4 nitrogen and oxygen atoms in total. The first-order valence-corrected chi connectivity index (χ1v) is 11.3. The predicted molar refractivity (Wildman–Crippen MR) is 126 cm³/mol. The summed E-state index contributed by atoms with van der Waals surface area (Å²) in [6.45, 7) is 4.82. The van der Waals surface area contributed by atoms with E-state index in [9.17, 15) is 5.11 Å². The van der Waals surface area contributed by atoms with Crippen molar-refractivity contribution in [2.24, 2.45) is 0 Å². The molecule has 162 valence electrons. The van der Waals surface area contributed by atoms with E-state index in [1.165, 1.54) is 4.90 Å². The molecule has 1 aliphatic heterocycles. The summed E-state index contributed by atoms with van der Waals surface area (Å²) in [6, 6.07) is 28.4. The van der Waals surface area contributed by atoms with Crippen molar-refractivity contribution in [1.82, 2.24) is 0 Å². The number of rotatable bonds is 8. The van der Waals surface area contributed by atoms with Crippen molar-refractivity contribution in [2.75, 3.05) is 44.2 Å². The first kappa shape index (κ1) is 21.8. The molecular weight excluding hydrogens is 408 g/mol. The molecule has 4 rings (SSSR count). The smallest absolute Gasteiger partial charge is 0.126 e. The Balaban J connectivity index is 1.30. The number of quaternary nitrogens is 1. The van der Waals surface area contributed by atoms with Crippen LogP contribution in [0.25, 0.3) is 0 Å². The van der Waals surface area contributed by atoms with Crippen molar-refractivity contribution in [1.29, 1.82) is 0 Å². The van der Waals surface area contributed by atoms with Crippen molar-refractivity contribution >= 4 is 17.3 Å². The van der Waals surface area contributed by atoms with Crippen LogP contribution in [-0.2, 0) is 4.74 Å². The zero-order valence-electron chi connectivity index (χ0n) is 17.7. The number of hydrogen-bond acceptors (Lipinski definition) is 3. The van der Waals surface area contributed by atoms with Crippen molar-refractivity contribution < 1.29 is 14.7 Å². The number of anilines is 1. The lowest BCUT2D eigenvalue weighted by atomic mass is 10.0. The standard InChI is InChI=1S/C26H29ClN2O2/c27-24-13-7-8-14-25(24)29-17-15-28(16-18-29)19-23(30)20-31-26(21-9-3-1-4-10-21)22-11-5-2-6-12-22/h1-14,23,26,30H,15-20H2/p+1/t23-/m0/s1. The molecule has 0 aliphatic carbocycles. The number of para-hydroxylation sites is 1. The lowest BCUT2D eigenvalue weighted by molar-refractivity contribution is -0.903.